The van der Waals surface area contributed by atoms with Crippen LogP contribution in [-0.2, 0) is 11.2 Å². The predicted octanol–water partition coefficient (Wildman–Crippen LogP) is 1.44. The third-order valence-electron chi connectivity index (χ3n) is 2.34. The molecule has 0 fully saturated rings. The molecule has 100 valence electrons. The summed E-state index contributed by atoms with van der Waals surface area (Å²) >= 11 is 1.43. The Morgan fingerprint density at radius 3 is 3.05 bits per heavy atom. The molecule has 1 unspecified atom stereocenters. The number of aromatic hydroxyl groups is 1. The summed E-state index contributed by atoms with van der Waals surface area (Å²) in [5.41, 5.74) is 6.36. The van der Waals surface area contributed by atoms with Gasteiger partial charge in [-0.05, 0) is 19.1 Å². The lowest BCUT2D eigenvalue weighted by atomic mass is 10.3. The van der Waals surface area contributed by atoms with Gasteiger partial charge in [-0.2, -0.15) is 0 Å². The highest BCUT2D eigenvalue weighted by molar-refractivity contribution is 7.09. The van der Waals surface area contributed by atoms with Gasteiger partial charge >= 0.3 is 0 Å². The van der Waals surface area contributed by atoms with Crippen molar-refractivity contribution in [3.63, 3.8) is 0 Å². The topological polar surface area (TPSA) is 101 Å². The Balaban J connectivity index is 1.99. The van der Waals surface area contributed by atoms with E-state index in [9.17, 15) is 9.90 Å². The van der Waals surface area contributed by atoms with E-state index in [1.807, 2.05) is 6.92 Å². The molecule has 19 heavy (non-hydrogen) atoms. The van der Waals surface area contributed by atoms with Crippen LogP contribution in [0.1, 0.15) is 23.7 Å². The number of thiazole rings is 1. The molecule has 0 spiro atoms. The number of nitrogens with one attached hydrogen (secondary N) is 1. The number of amides is 1. The first kappa shape index (κ1) is 13.4. The predicted molar refractivity (Wildman–Crippen MR) is 73.0 cm³/mol. The maximum atomic E-state index is 11.8. The Morgan fingerprint density at radius 2 is 2.42 bits per heavy atom. The minimum absolute atomic E-state index is 0.0644. The second-order valence-corrected chi connectivity index (χ2v) is 4.95. The molecular formula is C12H14N4O2S. The molecule has 0 aromatic carbocycles. The minimum Gasteiger partial charge on any atom is -0.504 e. The lowest BCUT2D eigenvalue weighted by Gasteiger charge is -2.04. The molecule has 0 aliphatic carbocycles. The molecule has 1 atom stereocenters. The van der Waals surface area contributed by atoms with Crippen LogP contribution in [0, 0.1) is 0 Å². The molecule has 2 aromatic heterocycles. The van der Waals surface area contributed by atoms with Gasteiger partial charge in [-0.25, -0.2) is 9.97 Å². The number of hydrogen-bond donors (Lipinski definition) is 3. The minimum atomic E-state index is -0.282. The average Bonchev–Trinajstić information content (AvgIpc) is 2.80. The van der Waals surface area contributed by atoms with Gasteiger partial charge in [0.05, 0.1) is 18.2 Å². The summed E-state index contributed by atoms with van der Waals surface area (Å²) in [6.45, 7) is 1.84. The van der Waals surface area contributed by atoms with E-state index in [1.54, 1.807) is 11.4 Å². The van der Waals surface area contributed by atoms with Crippen molar-refractivity contribution in [2.45, 2.75) is 19.4 Å². The third-order valence-corrected chi connectivity index (χ3v) is 3.44. The van der Waals surface area contributed by atoms with E-state index in [-0.39, 0.29) is 29.9 Å². The summed E-state index contributed by atoms with van der Waals surface area (Å²) in [6, 6.07) is 2.90. The van der Waals surface area contributed by atoms with Gasteiger partial charge in [0.1, 0.15) is 5.01 Å². The van der Waals surface area contributed by atoms with Crippen molar-refractivity contribution in [2.24, 2.45) is 5.73 Å². The van der Waals surface area contributed by atoms with Crippen molar-refractivity contribution >= 4 is 23.1 Å². The Kier molecular flexibility index (Phi) is 4.08. The molecule has 2 rings (SSSR count). The zero-order valence-corrected chi connectivity index (χ0v) is 11.1. The van der Waals surface area contributed by atoms with Crippen LogP contribution in [0.15, 0.2) is 23.7 Å². The summed E-state index contributed by atoms with van der Waals surface area (Å²) in [5.74, 6) is -0.198. The van der Waals surface area contributed by atoms with E-state index in [0.717, 1.165) is 5.01 Å². The molecule has 0 aliphatic rings. The fraction of sp³-hybridized carbons (Fsp3) is 0.250. The van der Waals surface area contributed by atoms with Crippen LogP contribution < -0.4 is 11.1 Å². The first-order chi connectivity index (χ1) is 9.06. The van der Waals surface area contributed by atoms with Gasteiger partial charge in [0.25, 0.3) is 0 Å². The quantitative estimate of drug-likeness (QED) is 0.785. The molecule has 2 heterocycles. The molecule has 0 saturated carbocycles. The molecule has 2 aromatic rings. The van der Waals surface area contributed by atoms with Gasteiger partial charge in [0.15, 0.2) is 11.6 Å². The first-order valence-electron chi connectivity index (χ1n) is 5.70. The monoisotopic (exact) mass is 278 g/mol. The second-order valence-electron chi connectivity index (χ2n) is 4.06. The fourth-order valence-corrected chi connectivity index (χ4v) is 2.22. The van der Waals surface area contributed by atoms with E-state index in [0.29, 0.717) is 5.69 Å². The average molecular weight is 278 g/mol. The van der Waals surface area contributed by atoms with Crippen LogP contribution in [0.25, 0.3) is 0 Å². The van der Waals surface area contributed by atoms with E-state index in [4.69, 9.17) is 5.73 Å². The second kappa shape index (κ2) is 5.77. The smallest absolute Gasteiger partial charge is 0.231 e. The molecule has 4 N–H and O–H groups in total. The Bertz CT molecular complexity index is 583. The Morgan fingerprint density at radius 1 is 1.63 bits per heavy atom. The van der Waals surface area contributed by atoms with Crippen molar-refractivity contribution in [2.75, 3.05) is 5.32 Å². The van der Waals surface area contributed by atoms with Gasteiger partial charge in [0.2, 0.25) is 5.91 Å². The number of aromatic nitrogens is 2. The molecule has 6 nitrogen and oxygen atoms in total. The fourth-order valence-electron chi connectivity index (χ4n) is 1.45. The Labute approximate surface area is 114 Å². The zero-order chi connectivity index (χ0) is 13.8. The number of nitrogens with zero attached hydrogens (tertiary/aromatic N) is 2. The van der Waals surface area contributed by atoms with Crippen LogP contribution in [-0.4, -0.2) is 21.0 Å². The lowest BCUT2D eigenvalue weighted by molar-refractivity contribution is -0.115. The number of carbonyl (C=O) groups is 1. The van der Waals surface area contributed by atoms with Crippen LogP contribution in [0.3, 0.4) is 0 Å². The number of hydrogen-bond acceptors (Lipinski definition) is 6. The van der Waals surface area contributed by atoms with Crippen LogP contribution in [0.5, 0.6) is 5.75 Å². The highest BCUT2D eigenvalue weighted by Crippen LogP contribution is 2.19. The van der Waals surface area contributed by atoms with Crippen LogP contribution in [0.2, 0.25) is 0 Å². The normalized spacial score (nSPS) is 12.1. The van der Waals surface area contributed by atoms with Gasteiger partial charge in [0, 0.05) is 11.6 Å². The van der Waals surface area contributed by atoms with E-state index in [1.165, 1.54) is 23.6 Å². The zero-order valence-electron chi connectivity index (χ0n) is 10.3. The molecule has 7 heteroatoms. The molecule has 0 saturated heterocycles. The molecule has 0 aliphatic heterocycles. The van der Waals surface area contributed by atoms with E-state index < -0.39 is 0 Å². The number of rotatable bonds is 4. The first-order valence-corrected chi connectivity index (χ1v) is 6.58. The summed E-state index contributed by atoms with van der Waals surface area (Å²) in [5, 5.41) is 14.6. The highest BCUT2D eigenvalue weighted by Gasteiger charge is 2.11. The number of anilines is 1. The summed E-state index contributed by atoms with van der Waals surface area (Å²) < 4.78 is 0. The third kappa shape index (κ3) is 3.49. The standard InChI is InChI=1S/C12H14N4O2S/c1-7(13)12-15-8(6-19-12)5-10(18)16-11-9(17)3-2-4-14-11/h2-4,6-7,17H,5,13H2,1H3,(H,14,16,18). The largest absolute Gasteiger partial charge is 0.504 e. The van der Waals surface area contributed by atoms with Crippen LogP contribution in [0.4, 0.5) is 5.82 Å². The van der Waals surface area contributed by atoms with E-state index in [2.05, 4.69) is 15.3 Å². The van der Waals surface area contributed by atoms with Crippen molar-refractivity contribution in [3.05, 3.63) is 34.4 Å². The van der Waals surface area contributed by atoms with Gasteiger partial charge in [-0.1, -0.05) is 0 Å². The lowest BCUT2D eigenvalue weighted by Crippen LogP contribution is -2.15. The SMILES string of the molecule is CC(N)c1nc(CC(=O)Nc2ncccc2O)cs1. The number of pyridine rings is 1. The van der Waals surface area contributed by atoms with Crippen molar-refractivity contribution in [1.29, 1.82) is 0 Å². The highest BCUT2D eigenvalue weighted by atomic mass is 32.1. The summed E-state index contributed by atoms with van der Waals surface area (Å²) in [6.07, 6.45) is 1.62. The van der Waals surface area contributed by atoms with Crippen molar-refractivity contribution < 1.29 is 9.90 Å². The van der Waals surface area contributed by atoms with Gasteiger partial charge in [-0.3, -0.25) is 4.79 Å². The molecule has 0 bridgehead atoms. The van der Waals surface area contributed by atoms with E-state index >= 15 is 0 Å². The van der Waals surface area contributed by atoms with Crippen molar-refractivity contribution in [1.82, 2.24) is 9.97 Å². The summed E-state index contributed by atoms with van der Waals surface area (Å²) in [7, 11) is 0. The number of carbonyl (C=O) groups excluding carboxylic acids is 1. The maximum Gasteiger partial charge on any atom is 0.231 e. The molecule has 0 radical (unpaired) electrons. The maximum absolute atomic E-state index is 11.8. The molecule has 1 amide bonds. The molecular weight excluding hydrogens is 264 g/mol. The van der Waals surface area contributed by atoms with Gasteiger partial charge < -0.3 is 16.2 Å². The van der Waals surface area contributed by atoms with Gasteiger partial charge in [-0.15, -0.1) is 11.3 Å². The van der Waals surface area contributed by atoms with Crippen molar-refractivity contribution in [3.8, 4) is 5.75 Å². The van der Waals surface area contributed by atoms with Crippen LogP contribution >= 0.6 is 11.3 Å². The number of nitrogens with two attached hydrogens (primary N) is 1. The summed E-state index contributed by atoms with van der Waals surface area (Å²) in [4.78, 5) is 19.9. The Hall–Kier alpha value is -1.99.